The summed E-state index contributed by atoms with van der Waals surface area (Å²) in [5.74, 6) is -1.02. The molecule has 6 nitrogen and oxygen atoms in total. The molecule has 0 radical (unpaired) electrons. The lowest BCUT2D eigenvalue weighted by Crippen LogP contribution is -2.22. The molecule has 0 bridgehead atoms. The summed E-state index contributed by atoms with van der Waals surface area (Å²) < 4.78 is 10.6. The molecule has 0 saturated carbocycles. The summed E-state index contributed by atoms with van der Waals surface area (Å²) in [6, 6.07) is 7.85. The Balaban J connectivity index is 2.08. The van der Waals surface area contributed by atoms with Crippen LogP contribution in [0.5, 0.6) is 5.75 Å². The second-order valence-electron chi connectivity index (χ2n) is 4.13. The fourth-order valence-electron chi connectivity index (χ4n) is 1.74. The lowest BCUT2D eigenvalue weighted by molar-refractivity contribution is 0.0693. The maximum Gasteiger partial charge on any atom is 0.339 e. The van der Waals surface area contributed by atoms with Gasteiger partial charge in [0.05, 0.1) is 7.11 Å². The van der Waals surface area contributed by atoms with Gasteiger partial charge in [-0.1, -0.05) is 6.07 Å². The van der Waals surface area contributed by atoms with Crippen LogP contribution in [0, 0.1) is 0 Å². The topological polar surface area (TPSA) is 88.8 Å². The van der Waals surface area contributed by atoms with Crippen LogP contribution >= 0.6 is 15.9 Å². The van der Waals surface area contributed by atoms with Gasteiger partial charge in [0.15, 0.2) is 10.4 Å². The smallest absolute Gasteiger partial charge is 0.339 e. The number of carbonyl (C=O) groups excluding carboxylic acids is 1. The number of carboxylic acids is 1. The van der Waals surface area contributed by atoms with E-state index in [0.717, 1.165) is 0 Å². The highest BCUT2D eigenvalue weighted by Crippen LogP contribution is 2.20. The monoisotopic (exact) mass is 353 g/mol. The predicted octanol–water partition coefficient (Wildman–Crippen LogP) is 2.68. The zero-order valence-electron chi connectivity index (χ0n) is 11.1. The Morgan fingerprint density at radius 2 is 2.10 bits per heavy atom. The van der Waals surface area contributed by atoms with E-state index in [9.17, 15) is 9.59 Å². The van der Waals surface area contributed by atoms with Gasteiger partial charge in [-0.3, -0.25) is 4.79 Å². The minimum atomic E-state index is -1.09. The number of aromatic carboxylic acids is 1. The molecule has 7 heteroatoms. The highest BCUT2D eigenvalue weighted by atomic mass is 79.9. The number of furan rings is 1. The van der Waals surface area contributed by atoms with Crippen LogP contribution in [0.4, 0.5) is 0 Å². The molecule has 1 heterocycles. The summed E-state index contributed by atoms with van der Waals surface area (Å²) in [5, 5.41) is 11.7. The molecule has 0 aliphatic heterocycles. The van der Waals surface area contributed by atoms with Crippen molar-refractivity contribution in [2.75, 3.05) is 7.11 Å². The molecule has 0 atom stereocenters. The van der Waals surface area contributed by atoms with E-state index < -0.39 is 5.97 Å². The molecule has 2 rings (SSSR count). The number of carboxylic acid groups (broad SMARTS) is 1. The van der Waals surface area contributed by atoms with Gasteiger partial charge < -0.3 is 19.6 Å². The largest absolute Gasteiger partial charge is 0.496 e. The quantitative estimate of drug-likeness (QED) is 0.862. The fourth-order valence-corrected chi connectivity index (χ4v) is 2.04. The van der Waals surface area contributed by atoms with Crippen LogP contribution in [0.2, 0.25) is 0 Å². The van der Waals surface area contributed by atoms with Gasteiger partial charge in [-0.15, -0.1) is 0 Å². The molecule has 0 aliphatic rings. The highest BCUT2D eigenvalue weighted by Gasteiger charge is 2.13. The first kappa shape index (κ1) is 15.1. The number of nitrogens with one attached hydrogen (secondary N) is 1. The Labute approximate surface area is 128 Å². The minimum absolute atomic E-state index is 0.0463. The van der Waals surface area contributed by atoms with Crippen LogP contribution in [0.15, 0.2) is 39.4 Å². The van der Waals surface area contributed by atoms with E-state index in [1.165, 1.54) is 19.2 Å². The van der Waals surface area contributed by atoms with E-state index in [0.29, 0.717) is 10.2 Å². The molecule has 2 aromatic rings. The molecule has 21 heavy (non-hydrogen) atoms. The molecule has 0 saturated heterocycles. The number of carbonyl (C=O) groups is 2. The lowest BCUT2D eigenvalue weighted by Gasteiger charge is -2.08. The van der Waals surface area contributed by atoms with Crippen molar-refractivity contribution in [2.24, 2.45) is 0 Å². The lowest BCUT2D eigenvalue weighted by atomic mass is 10.1. The molecule has 1 amide bonds. The molecule has 0 spiro atoms. The Hall–Kier alpha value is -2.28. The second kappa shape index (κ2) is 6.45. The first-order valence-electron chi connectivity index (χ1n) is 5.95. The average molecular weight is 354 g/mol. The number of benzene rings is 1. The SMILES string of the molecule is COc1ccc(CNC(=O)c2ccc(Br)o2)cc1C(=O)O. The van der Waals surface area contributed by atoms with Crippen LogP contribution < -0.4 is 10.1 Å². The van der Waals surface area contributed by atoms with E-state index in [1.807, 2.05) is 0 Å². The summed E-state index contributed by atoms with van der Waals surface area (Å²) in [4.78, 5) is 22.9. The van der Waals surface area contributed by atoms with Gasteiger partial charge in [-0.2, -0.15) is 0 Å². The van der Waals surface area contributed by atoms with E-state index in [4.69, 9.17) is 14.3 Å². The van der Waals surface area contributed by atoms with Crippen molar-refractivity contribution >= 4 is 27.8 Å². The van der Waals surface area contributed by atoms with Crippen LogP contribution in [0.3, 0.4) is 0 Å². The second-order valence-corrected chi connectivity index (χ2v) is 4.91. The van der Waals surface area contributed by atoms with Gasteiger partial charge in [-0.05, 0) is 45.8 Å². The third-order valence-corrected chi connectivity index (χ3v) is 3.17. The van der Waals surface area contributed by atoms with Crippen LogP contribution in [0.1, 0.15) is 26.5 Å². The molecular weight excluding hydrogens is 342 g/mol. The maximum atomic E-state index is 11.8. The average Bonchev–Trinajstić information content (AvgIpc) is 2.91. The zero-order valence-corrected chi connectivity index (χ0v) is 12.6. The molecule has 0 unspecified atom stereocenters. The predicted molar refractivity (Wildman–Crippen MR) is 77.5 cm³/mol. The van der Waals surface area contributed by atoms with E-state index in [2.05, 4.69) is 21.2 Å². The summed E-state index contributed by atoms with van der Waals surface area (Å²) in [7, 11) is 1.40. The molecule has 0 fully saturated rings. The molecular formula is C14H12BrNO5. The molecule has 2 N–H and O–H groups in total. The summed E-state index contributed by atoms with van der Waals surface area (Å²) in [6.45, 7) is 0.182. The van der Waals surface area contributed by atoms with Crippen molar-refractivity contribution < 1.29 is 23.8 Å². The van der Waals surface area contributed by atoms with Crippen molar-refractivity contribution in [3.05, 3.63) is 51.9 Å². The van der Waals surface area contributed by atoms with Crippen molar-refractivity contribution in [2.45, 2.75) is 6.54 Å². The number of halogens is 1. The van der Waals surface area contributed by atoms with Crippen molar-refractivity contribution in [1.82, 2.24) is 5.32 Å². The third-order valence-electron chi connectivity index (χ3n) is 2.74. The normalized spacial score (nSPS) is 10.2. The van der Waals surface area contributed by atoms with Crippen LogP contribution in [-0.4, -0.2) is 24.1 Å². The van der Waals surface area contributed by atoms with Gasteiger partial charge in [0.1, 0.15) is 11.3 Å². The summed E-state index contributed by atoms with van der Waals surface area (Å²) in [6.07, 6.45) is 0. The Kier molecular flexibility index (Phi) is 4.64. The van der Waals surface area contributed by atoms with Crippen LogP contribution in [-0.2, 0) is 6.54 Å². The molecule has 0 aliphatic carbocycles. The first-order valence-corrected chi connectivity index (χ1v) is 6.74. The third kappa shape index (κ3) is 3.63. The van der Waals surface area contributed by atoms with Crippen molar-refractivity contribution in [3.63, 3.8) is 0 Å². The van der Waals surface area contributed by atoms with E-state index in [-0.39, 0.29) is 29.5 Å². The van der Waals surface area contributed by atoms with E-state index >= 15 is 0 Å². The first-order chi connectivity index (χ1) is 10.0. The fraction of sp³-hybridized carbons (Fsp3) is 0.143. The van der Waals surface area contributed by atoms with Gasteiger partial charge in [0.2, 0.25) is 0 Å². The van der Waals surface area contributed by atoms with Gasteiger partial charge in [-0.25, -0.2) is 4.79 Å². The van der Waals surface area contributed by atoms with Crippen LogP contribution in [0.25, 0.3) is 0 Å². The van der Waals surface area contributed by atoms with E-state index in [1.54, 1.807) is 18.2 Å². The number of methoxy groups -OCH3 is 1. The summed E-state index contributed by atoms with van der Waals surface area (Å²) >= 11 is 3.11. The van der Waals surface area contributed by atoms with Gasteiger partial charge in [0, 0.05) is 6.54 Å². The molecule has 1 aromatic heterocycles. The number of rotatable bonds is 5. The van der Waals surface area contributed by atoms with Crippen molar-refractivity contribution in [1.29, 1.82) is 0 Å². The number of hydrogen-bond donors (Lipinski definition) is 2. The Bertz CT molecular complexity index is 680. The van der Waals surface area contributed by atoms with Crippen molar-refractivity contribution in [3.8, 4) is 5.75 Å². The number of ether oxygens (including phenoxy) is 1. The zero-order chi connectivity index (χ0) is 15.4. The Morgan fingerprint density at radius 1 is 1.33 bits per heavy atom. The minimum Gasteiger partial charge on any atom is -0.496 e. The number of hydrogen-bond acceptors (Lipinski definition) is 4. The summed E-state index contributed by atoms with van der Waals surface area (Å²) in [5.41, 5.74) is 0.692. The maximum absolute atomic E-state index is 11.8. The number of amides is 1. The van der Waals surface area contributed by atoms with Gasteiger partial charge >= 0.3 is 5.97 Å². The molecule has 110 valence electrons. The Morgan fingerprint density at radius 3 is 2.67 bits per heavy atom. The highest BCUT2D eigenvalue weighted by molar-refractivity contribution is 9.10. The molecule has 1 aromatic carbocycles. The van der Waals surface area contributed by atoms with Gasteiger partial charge in [0.25, 0.3) is 5.91 Å². The standard InChI is InChI=1S/C14H12BrNO5/c1-20-10-3-2-8(6-9(10)14(18)19)7-16-13(17)11-4-5-12(15)21-11/h2-6H,7H2,1H3,(H,16,17)(H,18,19).